The predicted octanol–water partition coefficient (Wildman–Crippen LogP) is 2.39. The molecule has 0 aliphatic heterocycles. The summed E-state index contributed by atoms with van der Waals surface area (Å²) in [7, 11) is 1.94. The third kappa shape index (κ3) is 2.60. The first-order valence-corrected chi connectivity index (χ1v) is 8.45. The van der Waals surface area contributed by atoms with Gasteiger partial charge in [-0.25, -0.2) is 0 Å². The summed E-state index contributed by atoms with van der Waals surface area (Å²) in [5.41, 5.74) is 4.47. The quantitative estimate of drug-likeness (QED) is 0.644. The van der Waals surface area contributed by atoms with Gasteiger partial charge in [-0.2, -0.15) is 0 Å². The first kappa shape index (κ1) is 16.9. The van der Waals surface area contributed by atoms with Crippen LogP contribution in [-0.2, 0) is 34.5 Å². The normalized spacial score (nSPS) is 27.5. The van der Waals surface area contributed by atoms with Gasteiger partial charge < -0.3 is 15.2 Å². The molecule has 2 N–H and O–H groups in total. The number of fused-ring (bicyclic) bond motifs is 3. The number of carbonyl (C=O) groups excluding carboxylic acids is 1. The number of aliphatic hydroxyl groups excluding tert-OH is 1. The van der Waals surface area contributed by atoms with Crippen molar-refractivity contribution in [3.05, 3.63) is 59.2 Å². The average molecular weight is 327 g/mol. The van der Waals surface area contributed by atoms with Crippen molar-refractivity contribution < 1.29 is 14.6 Å². The highest BCUT2D eigenvalue weighted by molar-refractivity contribution is 5.66. The molecule has 0 spiro atoms. The smallest absolute Gasteiger partial charge is 0.303 e. The monoisotopic (exact) mass is 327 g/mol. The van der Waals surface area contributed by atoms with E-state index >= 15 is 0 Å². The minimum absolute atomic E-state index is 0.0409. The summed E-state index contributed by atoms with van der Waals surface area (Å²) in [6, 6.07) is 4.12. The number of nitrogens with one attached hydrogen (secondary N) is 1. The van der Waals surface area contributed by atoms with Crippen molar-refractivity contribution in [2.45, 2.75) is 44.4 Å². The molecule has 0 fully saturated rings. The maximum atomic E-state index is 11.3. The van der Waals surface area contributed by atoms with Crippen molar-refractivity contribution >= 4 is 5.97 Å². The van der Waals surface area contributed by atoms with Crippen molar-refractivity contribution in [2.24, 2.45) is 5.92 Å². The standard InChI is InChI=1S/C20H25NO3/c1-4-20-8-7-17(24-13(2)23)9-16(20)10-18-15(12-22)6-5-14(11-21-3)19(18)20/h4-8,16-17,21-22H,1,9-12H2,2-3H3/t16?,17-,20+/m0/s1. The van der Waals surface area contributed by atoms with Crippen LogP contribution in [-0.4, -0.2) is 24.2 Å². The molecule has 2 aliphatic rings. The third-order valence-corrected chi connectivity index (χ3v) is 5.35. The van der Waals surface area contributed by atoms with E-state index in [1.54, 1.807) is 0 Å². The maximum absolute atomic E-state index is 11.3. The van der Waals surface area contributed by atoms with E-state index in [9.17, 15) is 9.90 Å². The molecule has 128 valence electrons. The molecule has 0 heterocycles. The fourth-order valence-corrected chi connectivity index (χ4v) is 4.38. The number of rotatable bonds is 5. The average Bonchev–Trinajstić information content (AvgIpc) is 2.90. The van der Waals surface area contributed by atoms with Crippen LogP contribution in [0.2, 0.25) is 0 Å². The molecule has 3 rings (SSSR count). The van der Waals surface area contributed by atoms with Crippen LogP contribution >= 0.6 is 0 Å². The number of ether oxygens (including phenoxy) is 1. The van der Waals surface area contributed by atoms with Crippen LogP contribution in [0.4, 0.5) is 0 Å². The predicted molar refractivity (Wildman–Crippen MR) is 93.5 cm³/mol. The van der Waals surface area contributed by atoms with Crippen LogP contribution in [0.25, 0.3) is 0 Å². The number of hydrogen-bond donors (Lipinski definition) is 2. The SMILES string of the molecule is C=C[C@@]12C=C[C@H](OC(C)=O)CC1Cc1c(CO)ccc(CNC)c12. The van der Waals surface area contributed by atoms with Crippen LogP contribution < -0.4 is 5.32 Å². The van der Waals surface area contributed by atoms with Crippen molar-refractivity contribution in [2.75, 3.05) is 7.05 Å². The van der Waals surface area contributed by atoms with E-state index in [4.69, 9.17) is 4.74 Å². The summed E-state index contributed by atoms with van der Waals surface area (Å²) in [5, 5.41) is 13.0. The second kappa shape index (κ2) is 6.54. The highest BCUT2D eigenvalue weighted by Crippen LogP contribution is 2.52. The van der Waals surface area contributed by atoms with Gasteiger partial charge in [0.1, 0.15) is 6.10 Å². The van der Waals surface area contributed by atoms with E-state index in [2.05, 4.69) is 24.0 Å². The van der Waals surface area contributed by atoms with Gasteiger partial charge in [-0.3, -0.25) is 4.79 Å². The first-order valence-electron chi connectivity index (χ1n) is 8.45. The molecule has 0 bridgehead atoms. The lowest BCUT2D eigenvalue weighted by atomic mass is 9.68. The maximum Gasteiger partial charge on any atom is 0.303 e. The highest BCUT2D eigenvalue weighted by Gasteiger charge is 2.47. The van der Waals surface area contributed by atoms with Crippen LogP contribution in [0.1, 0.15) is 35.6 Å². The van der Waals surface area contributed by atoms with Crippen LogP contribution in [0.15, 0.2) is 36.9 Å². The molecule has 1 aromatic rings. The van der Waals surface area contributed by atoms with E-state index in [1.165, 1.54) is 23.6 Å². The number of benzene rings is 1. The topological polar surface area (TPSA) is 58.6 Å². The fourth-order valence-electron chi connectivity index (χ4n) is 4.38. The zero-order chi connectivity index (χ0) is 17.3. The molecule has 0 saturated carbocycles. The fraction of sp³-hybridized carbons (Fsp3) is 0.450. The minimum atomic E-state index is -0.252. The van der Waals surface area contributed by atoms with E-state index in [0.29, 0.717) is 5.92 Å². The lowest BCUT2D eigenvalue weighted by Gasteiger charge is -2.37. The Hall–Kier alpha value is -1.91. The Labute approximate surface area is 143 Å². The molecule has 0 amide bonds. The van der Waals surface area contributed by atoms with Crippen molar-refractivity contribution in [1.29, 1.82) is 0 Å². The highest BCUT2D eigenvalue weighted by atomic mass is 16.5. The Morgan fingerprint density at radius 1 is 1.50 bits per heavy atom. The van der Waals surface area contributed by atoms with E-state index in [1.807, 2.05) is 25.3 Å². The number of carbonyl (C=O) groups is 1. The Bertz CT molecular complexity index is 694. The zero-order valence-electron chi connectivity index (χ0n) is 14.3. The molecule has 1 aromatic carbocycles. The van der Waals surface area contributed by atoms with Crippen molar-refractivity contribution in [3.8, 4) is 0 Å². The summed E-state index contributed by atoms with van der Waals surface area (Å²) in [4.78, 5) is 11.3. The minimum Gasteiger partial charge on any atom is -0.458 e. The Balaban J connectivity index is 2.10. The first-order chi connectivity index (χ1) is 11.6. The Kier molecular flexibility index (Phi) is 4.61. The lowest BCUT2D eigenvalue weighted by Crippen LogP contribution is -2.36. The number of aliphatic hydroxyl groups is 1. The molecular weight excluding hydrogens is 302 g/mol. The number of esters is 1. The van der Waals surface area contributed by atoms with Crippen LogP contribution in [0.3, 0.4) is 0 Å². The summed E-state index contributed by atoms with van der Waals surface area (Å²) < 4.78 is 5.40. The lowest BCUT2D eigenvalue weighted by molar-refractivity contribution is -0.145. The molecular formula is C20H25NO3. The van der Waals surface area contributed by atoms with Gasteiger partial charge in [-0.05, 0) is 54.1 Å². The summed E-state index contributed by atoms with van der Waals surface area (Å²) in [5.74, 6) is 0.0424. The van der Waals surface area contributed by atoms with Crippen molar-refractivity contribution in [1.82, 2.24) is 5.32 Å². The molecule has 0 radical (unpaired) electrons. The van der Waals surface area contributed by atoms with Crippen LogP contribution in [0, 0.1) is 5.92 Å². The molecule has 0 aromatic heterocycles. The Morgan fingerprint density at radius 3 is 2.88 bits per heavy atom. The number of hydrogen-bond acceptors (Lipinski definition) is 4. The number of allylic oxidation sites excluding steroid dienone is 2. The van der Waals surface area contributed by atoms with Crippen molar-refractivity contribution in [3.63, 3.8) is 0 Å². The van der Waals surface area contributed by atoms with Gasteiger partial charge in [0, 0.05) is 18.9 Å². The van der Waals surface area contributed by atoms with Gasteiger partial charge in [0.2, 0.25) is 0 Å². The molecule has 3 atom stereocenters. The van der Waals surface area contributed by atoms with Gasteiger partial charge in [-0.15, -0.1) is 6.58 Å². The second-order valence-corrected chi connectivity index (χ2v) is 6.71. The van der Waals surface area contributed by atoms with Gasteiger partial charge in [0.25, 0.3) is 0 Å². The van der Waals surface area contributed by atoms with E-state index in [-0.39, 0.29) is 24.1 Å². The van der Waals surface area contributed by atoms with Gasteiger partial charge in [0.05, 0.1) is 6.61 Å². The molecule has 4 heteroatoms. The molecule has 4 nitrogen and oxygen atoms in total. The van der Waals surface area contributed by atoms with E-state index < -0.39 is 0 Å². The van der Waals surface area contributed by atoms with Gasteiger partial charge >= 0.3 is 5.97 Å². The van der Waals surface area contributed by atoms with Crippen LogP contribution in [0.5, 0.6) is 0 Å². The Morgan fingerprint density at radius 2 is 2.25 bits per heavy atom. The molecule has 24 heavy (non-hydrogen) atoms. The largest absolute Gasteiger partial charge is 0.458 e. The summed E-state index contributed by atoms with van der Waals surface area (Å²) >= 11 is 0. The second-order valence-electron chi connectivity index (χ2n) is 6.71. The molecule has 2 aliphatic carbocycles. The van der Waals surface area contributed by atoms with Gasteiger partial charge in [-0.1, -0.05) is 24.3 Å². The van der Waals surface area contributed by atoms with E-state index in [0.717, 1.165) is 24.9 Å². The van der Waals surface area contributed by atoms with Gasteiger partial charge in [0.15, 0.2) is 0 Å². The zero-order valence-corrected chi connectivity index (χ0v) is 14.3. The summed E-state index contributed by atoms with van der Waals surface area (Å²) in [6.07, 6.45) is 7.62. The summed E-state index contributed by atoms with van der Waals surface area (Å²) in [6.45, 7) is 6.38. The molecule has 1 unspecified atom stereocenters. The third-order valence-electron chi connectivity index (χ3n) is 5.35. The molecule has 0 saturated heterocycles.